The Morgan fingerprint density at radius 1 is 2.00 bits per heavy atom. The van der Waals surface area contributed by atoms with Gasteiger partial charge in [0, 0.05) is 0 Å². The quantitative estimate of drug-likeness (QED) is 0.480. The van der Waals surface area contributed by atoms with E-state index in [1.807, 2.05) is 0 Å². The number of carbonyl (C=O) groups excluding carboxylic acids is 1. The van der Waals surface area contributed by atoms with Crippen LogP contribution in [-0.2, 0) is 4.74 Å². The zero-order chi connectivity index (χ0) is 5.70. The van der Waals surface area contributed by atoms with Crippen LogP contribution in [0.1, 0.15) is 0 Å². The average Bonchev–Trinajstić information content (AvgIpc) is 1.61. The van der Waals surface area contributed by atoms with Gasteiger partial charge in [-0.2, -0.15) is 4.79 Å². The van der Waals surface area contributed by atoms with Crippen LogP contribution in [0.3, 0.4) is 0 Å². The van der Waals surface area contributed by atoms with Crippen molar-refractivity contribution in [2.24, 2.45) is 0 Å². The Labute approximate surface area is 41.8 Å². The molecule has 0 aromatic rings. The maximum Gasteiger partial charge on any atom is 0.511 e. The molecule has 0 bridgehead atoms. The van der Waals surface area contributed by atoms with E-state index in [-0.39, 0.29) is 6.61 Å². The van der Waals surface area contributed by atoms with Gasteiger partial charge in [0.15, 0.2) is 0 Å². The first kappa shape index (κ1) is 6.17. The van der Waals surface area contributed by atoms with Crippen molar-refractivity contribution in [3.8, 4) is 0 Å². The fourth-order valence-electron chi connectivity index (χ4n) is 0.152. The lowest BCUT2D eigenvalue weighted by atomic mass is 10.7. The molecule has 0 radical (unpaired) electrons. The van der Waals surface area contributed by atoms with Crippen molar-refractivity contribution >= 4 is 6.09 Å². The third-order valence-corrected chi connectivity index (χ3v) is 0.362. The van der Waals surface area contributed by atoms with Crippen LogP contribution in [0.15, 0.2) is 12.7 Å². The second-order valence-corrected chi connectivity index (χ2v) is 0.972. The molecule has 40 valence electrons. The van der Waals surface area contributed by atoms with Crippen LogP contribution in [0, 0.1) is 0 Å². The van der Waals surface area contributed by atoms with Crippen LogP contribution in [0.5, 0.6) is 0 Å². The summed E-state index contributed by atoms with van der Waals surface area (Å²) in [5.74, 6) is 0. The topological polar surface area (TPSA) is 53.9 Å². The predicted molar refractivity (Wildman–Crippen MR) is 24.4 cm³/mol. The third kappa shape index (κ3) is 5.17. The van der Waals surface area contributed by atoms with Gasteiger partial charge in [-0.1, -0.05) is 12.7 Å². The molecule has 0 spiro atoms. The molecule has 0 saturated carbocycles. The summed E-state index contributed by atoms with van der Waals surface area (Å²) < 4.78 is 4.32. The molecule has 0 aromatic heterocycles. The number of ether oxygens (including phenoxy) is 1. The van der Waals surface area contributed by atoms with Crippen molar-refractivity contribution in [2.45, 2.75) is 0 Å². The van der Waals surface area contributed by atoms with Gasteiger partial charge in [-0.3, -0.25) is 5.73 Å². The minimum Gasteiger partial charge on any atom is -0.416 e. The first-order valence-corrected chi connectivity index (χ1v) is 1.87. The maximum atomic E-state index is 9.82. The smallest absolute Gasteiger partial charge is 0.416 e. The molecule has 0 aromatic carbocycles. The van der Waals surface area contributed by atoms with E-state index >= 15 is 0 Å². The van der Waals surface area contributed by atoms with Crippen molar-refractivity contribution < 1.29 is 15.3 Å². The van der Waals surface area contributed by atoms with E-state index in [0.717, 1.165) is 0 Å². The summed E-state index contributed by atoms with van der Waals surface area (Å²) in [5, 5.41) is 0. The van der Waals surface area contributed by atoms with E-state index in [9.17, 15) is 4.79 Å². The molecule has 0 atom stereocenters. The molecule has 0 aliphatic heterocycles. The van der Waals surface area contributed by atoms with E-state index in [1.165, 1.54) is 6.08 Å². The van der Waals surface area contributed by atoms with Gasteiger partial charge in [0.25, 0.3) is 0 Å². The zero-order valence-corrected chi connectivity index (χ0v) is 4.02. The standard InChI is InChI=1S/C4H7NO2/c1-2-3-7-4(5)6/h2H,1,3H2,(H2,5,6)/p+1. The van der Waals surface area contributed by atoms with Gasteiger partial charge < -0.3 is 4.74 Å². The number of hydrogen-bond donors (Lipinski definition) is 1. The summed E-state index contributed by atoms with van der Waals surface area (Å²) in [6.45, 7) is 3.58. The highest BCUT2D eigenvalue weighted by molar-refractivity contribution is 5.54. The molecule has 0 unspecified atom stereocenters. The van der Waals surface area contributed by atoms with Crippen LogP contribution in [0.4, 0.5) is 4.79 Å². The summed E-state index contributed by atoms with van der Waals surface area (Å²) in [5.41, 5.74) is 2.97. The van der Waals surface area contributed by atoms with Crippen LogP contribution >= 0.6 is 0 Å². The molecule has 3 N–H and O–H groups in total. The summed E-state index contributed by atoms with van der Waals surface area (Å²) in [4.78, 5) is 9.82. The van der Waals surface area contributed by atoms with Gasteiger partial charge in [0.05, 0.1) is 0 Å². The first-order valence-electron chi connectivity index (χ1n) is 1.87. The molecule has 0 fully saturated rings. The van der Waals surface area contributed by atoms with Gasteiger partial charge in [0.2, 0.25) is 0 Å². The first-order chi connectivity index (χ1) is 3.27. The SMILES string of the molecule is C=CCOC([NH3+])=O. The molecule has 0 heterocycles. The Morgan fingerprint density at radius 2 is 2.57 bits per heavy atom. The minimum absolute atomic E-state index is 0.252. The molecule has 0 aliphatic rings. The maximum absolute atomic E-state index is 9.82. The van der Waals surface area contributed by atoms with E-state index in [0.29, 0.717) is 0 Å². The van der Waals surface area contributed by atoms with Crippen molar-refractivity contribution in [2.75, 3.05) is 6.61 Å². The second-order valence-electron chi connectivity index (χ2n) is 0.972. The highest BCUT2D eigenvalue weighted by Crippen LogP contribution is 1.68. The van der Waals surface area contributed by atoms with Crippen LogP contribution in [0.25, 0.3) is 0 Å². The number of quaternary nitrogens is 1. The monoisotopic (exact) mass is 102 g/mol. The van der Waals surface area contributed by atoms with E-state index in [4.69, 9.17) is 0 Å². The normalized spacial score (nSPS) is 7.57. The molecule has 3 heteroatoms. The fraction of sp³-hybridized carbons (Fsp3) is 0.250. The predicted octanol–water partition coefficient (Wildman–Crippen LogP) is -0.449. The molecule has 1 amide bonds. The number of rotatable bonds is 2. The number of hydrogen-bond acceptors (Lipinski definition) is 2. The van der Waals surface area contributed by atoms with Crippen molar-refractivity contribution in [3.05, 3.63) is 12.7 Å². The van der Waals surface area contributed by atoms with Gasteiger partial charge in [-0.05, 0) is 0 Å². The van der Waals surface area contributed by atoms with E-state index in [1.54, 1.807) is 0 Å². The Bertz CT molecular complexity index is 79.8. The third-order valence-electron chi connectivity index (χ3n) is 0.362. The molecule has 0 saturated heterocycles. The zero-order valence-electron chi connectivity index (χ0n) is 4.02. The lowest BCUT2D eigenvalue weighted by Crippen LogP contribution is -2.57. The summed E-state index contributed by atoms with van der Waals surface area (Å²) in [6, 6.07) is 0. The van der Waals surface area contributed by atoms with Crippen LogP contribution in [0.2, 0.25) is 0 Å². The Hall–Kier alpha value is -0.830. The number of carbonyl (C=O) groups is 1. The van der Waals surface area contributed by atoms with Crippen molar-refractivity contribution in [1.82, 2.24) is 0 Å². The van der Waals surface area contributed by atoms with Crippen molar-refractivity contribution in [3.63, 3.8) is 0 Å². The fourth-order valence-corrected chi connectivity index (χ4v) is 0.152. The molecular formula is C4H8NO2+. The van der Waals surface area contributed by atoms with Crippen molar-refractivity contribution in [1.29, 1.82) is 0 Å². The summed E-state index contributed by atoms with van der Waals surface area (Å²) in [7, 11) is 0. The van der Waals surface area contributed by atoms with Gasteiger partial charge >= 0.3 is 6.09 Å². The van der Waals surface area contributed by atoms with E-state index in [2.05, 4.69) is 17.0 Å². The molecular weight excluding hydrogens is 94.0 g/mol. The van der Waals surface area contributed by atoms with Gasteiger partial charge in [-0.15, -0.1) is 0 Å². The summed E-state index contributed by atoms with van der Waals surface area (Å²) in [6.07, 6.45) is 0.975. The highest BCUT2D eigenvalue weighted by atomic mass is 16.5. The minimum atomic E-state index is -0.514. The molecule has 3 nitrogen and oxygen atoms in total. The lowest BCUT2D eigenvalue weighted by Gasteiger charge is -1.86. The van der Waals surface area contributed by atoms with Gasteiger partial charge in [-0.25, -0.2) is 0 Å². The second kappa shape index (κ2) is 3.36. The average molecular weight is 102 g/mol. The lowest BCUT2D eigenvalue weighted by molar-refractivity contribution is -0.281. The van der Waals surface area contributed by atoms with Gasteiger partial charge in [0.1, 0.15) is 6.61 Å². The number of amides is 1. The van der Waals surface area contributed by atoms with E-state index < -0.39 is 6.09 Å². The van der Waals surface area contributed by atoms with Crippen LogP contribution < -0.4 is 5.73 Å². The Balaban J connectivity index is 2.97. The Kier molecular flexibility index (Phi) is 2.96. The molecule has 7 heavy (non-hydrogen) atoms. The van der Waals surface area contributed by atoms with Crippen LogP contribution in [-0.4, -0.2) is 12.7 Å². The summed E-state index contributed by atoms with van der Waals surface area (Å²) >= 11 is 0. The molecule has 0 rings (SSSR count). The highest BCUT2D eigenvalue weighted by Gasteiger charge is 1.90. The Morgan fingerprint density at radius 3 is 2.71 bits per heavy atom. The molecule has 0 aliphatic carbocycles. The largest absolute Gasteiger partial charge is 0.511 e.